The molecule has 5 aromatic carbocycles. The van der Waals surface area contributed by atoms with Gasteiger partial charge in [0.25, 0.3) is 0 Å². The molecule has 0 radical (unpaired) electrons. The molecule has 0 saturated carbocycles. The number of hydrogen-bond donors (Lipinski definition) is 0. The molecule has 5 aromatic rings. The van der Waals surface area contributed by atoms with E-state index < -0.39 is 0 Å². The quantitative estimate of drug-likeness (QED) is 0.157. The van der Waals surface area contributed by atoms with Crippen molar-refractivity contribution in [2.75, 3.05) is 13.1 Å². The molecular weight excluding hydrogens is 533 g/mol. The third-order valence-electron chi connectivity index (χ3n) is 8.59. The Kier molecular flexibility index (Phi) is 9.47. The summed E-state index contributed by atoms with van der Waals surface area (Å²) < 4.78 is 27.2. The number of fused-ring (bicyclic) bond motifs is 1. The Morgan fingerprint density at radius 2 is 1.42 bits per heavy atom. The first kappa shape index (κ1) is 29.1. The zero-order valence-electron chi connectivity index (χ0n) is 24.9. The molecule has 0 aliphatic carbocycles. The van der Waals surface area contributed by atoms with Crippen LogP contribution in [0.5, 0.6) is 5.75 Å². The molecule has 3 atom stereocenters. The average molecular weight is 574 g/mol. The average Bonchev–Trinajstić information content (AvgIpc) is 3.04. The first-order valence-electron chi connectivity index (χ1n) is 15.5. The second-order valence-corrected chi connectivity index (χ2v) is 11.7. The van der Waals surface area contributed by atoms with E-state index in [-0.39, 0.29) is 17.8 Å². The number of ether oxygens (including phenoxy) is 2. The zero-order chi connectivity index (χ0) is 29.4. The lowest BCUT2D eigenvalue weighted by molar-refractivity contribution is -0.0488. The van der Waals surface area contributed by atoms with Crippen LogP contribution in [0, 0.1) is 11.7 Å². The van der Waals surface area contributed by atoms with E-state index >= 15 is 0 Å². The molecule has 43 heavy (non-hydrogen) atoms. The molecule has 1 aliphatic heterocycles. The van der Waals surface area contributed by atoms with Crippen molar-refractivity contribution in [3.05, 3.63) is 149 Å². The lowest BCUT2D eigenvalue weighted by atomic mass is 9.76. The topological polar surface area (TPSA) is 21.7 Å². The standard InChI is InChI=1S/C39H40FNO2/c1-2-11-34-25-41(24-29-12-5-3-6-13-29)26-38(39(34)32-18-20-35(40)21-19-32)43-28-31-22-33-16-9-10-17-36(33)37(23-31)42-27-30-14-7-4-8-15-30/h3-10,12-23,34,38-39H,2,11,24-28H2,1H3. The molecule has 220 valence electrons. The summed E-state index contributed by atoms with van der Waals surface area (Å²) in [7, 11) is 0. The van der Waals surface area contributed by atoms with E-state index in [1.54, 1.807) is 12.1 Å². The number of benzene rings is 5. The molecule has 0 bridgehead atoms. The predicted molar refractivity (Wildman–Crippen MR) is 173 cm³/mol. The molecule has 0 N–H and O–H groups in total. The highest BCUT2D eigenvalue weighted by Gasteiger charge is 2.38. The van der Waals surface area contributed by atoms with E-state index in [1.165, 1.54) is 5.56 Å². The maximum absolute atomic E-state index is 14.0. The minimum Gasteiger partial charge on any atom is -0.488 e. The number of likely N-dealkylation sites (tertiary alicyclic amines) is 1. The monoisotopic (exact) mass is 573 g/mol. The number of rotatable bonds is 11. The molecule has 4 heteroatoms. The minimum atomic E-state index is -0.200. The van der Waals surface area contributed by atoms with Gasteiger partial charge in [0.1, 0.15) is 18.2 Å². The van der Waals surface area contributed by atoms with E-state index in [1.807, 2.05) is 30.3 Å². The molecule has 0 spiro atoms. The molecule has 0 aromatic heterocycles. The molecule has 3 nitrogen and oxygen atoms in total. The van der Waals surface area contributed by atoms with Crippen LogP contribution in [-0.2, 0) is 24.5 Å². The van der Waals surface area contributed by atoms with Crippen molar-refractivity contribution in [3.63, 3.8) is 0 Å². The highest BCUT2D eigenvalue weighted by Crippen LogP contribution is 2.39. The van der Waals surface area contributed by atoms with Crippen LogP contribution in [0.1, 0.15) is 47.9 Å². The third kappa shape index (κ3) is 7.33. The van der Waals surface area contributed by atoms with E-state index in [0.717, 1.165) is 65.7 Å². The van der Waals surface area contributed by atoms with Crippen molar-refractivity contribution in [2.45, 2.75) is 51.5 Å². The van der Waals surface area contributed by atoms with Crippen LogP contribution in [0.3, 0.4) is 0 Å². The molecule has 3 unspecified atom stereocenters. The molecule has 0 amide bonds. The Morgan fingerprint density at radius 1 is 0.721 bits per heavy atom. The summed E-state index contributed by atoms with van der Waals surface area (Å²) in [6, 6.07) is 40.7. The lowest BCUT2D eigenvalue weighted by Crippen LogP contribution is -2.48. The van der Waals surface area contributed by atoms with Gasteiger partial charge in [-0.25, -0.2) is 4.39 Å². The number of nitrogens with zero attached hydrogens (tertiary/aromatic N) is 1. The molecule has 6 rings (SSSR count). The third-order valence-corrected chi connectivity index (χ3v) is 8.59. The summed E-state index contributed by atoms with van der Waals surface area (Å²) >= 11 is 0. The highest BCUT2D eigenvalue weighted by atomic mass is 19.1. The van der Waals surface area contributed by atoms with E-state index in [0.29, 0.717) is 19.1 Å². The first-order valence-corrected chi connectivity index (χ1v) is 15.5. The number of halogens is 1. The number of piperidine rings is 1. The normalized spacial score (nSPS) is 19.0. The van der Waals surface area contributed by atoms with Gasteiger partial charge in [-0.05, 0) is 64.2 Å². The molecule has 1 saturated heterocycles. The van der Waals surface area contributed by atoms with Crippen LogP contribution in [-0.4, -0.2) is 24.1 Å². The van der Waals surface area contributed by atoms with Crippen LogP contribution < -0.4 is 4.74 Å². The van der Waals surface area contributed by atoms with Crippen molar-refractivity contribution >= 4 is 10.8 Å². The van der Waals surface area contributed by atoms with Crippen molar-refractivity contribution in [3.8, 4) is 5.75 Å². The zero-order valence-corrected chi connectivity index (χ0v) is 24.9. The van der Waals surface area contributed by atoms with E-state index in [4.69, 9.17) is 9.47 Å². The lowest BCUT2D eigenvalue weighted by Gasteiger charge is -2.44. The maximum atomic E-state index is 14.0. The molecule has 1 heterocycles. The van der Waals surface area contributed by atoms with Gasteiger partial charge in [0.05, 0.1) is 12.7 Å². The van der Waals surface area contributed by atoms with Gasteiger partial charge in [-0.1, -0.05) is 110 Å². The SMILES string of the molecule is CCCC1CN(Cc2ccccc2)CC(OCc2cc(OCc3ccccc3)c3ccccc3c2)C1c1ccc(F)cc1. The Morgan fingerprint density at radius 3 is 2.16 bits per heavy atom. The van der Waals surface area contributed by atoms with Crippen LogP contribution in [0.4, 0.5) is 4.39 Å². The smallest absolute Gasteiger partial charge is 0.127 e. The summed E-state index contributed by atoms with van der Waals surface area (Å²) in [6.45, 7) is 5.95. The Labute approximate surface area is 254 Å². The van der Waals surface area contributed by atoms with Gasteiger partial charge in [0.15, 0.2) is 0 Å². The van der Waals surface area contributed by atoms with Crippen LogP contribution in [0.25, 0.3) is 10.8 Å². The van der Waals surface area contributed by atoms with E-state index in [2.05, 4.69) is 90.7 Å². The van der Waals surface area contributed by atoms with Crippen molar-refractivity contribution < 1.29 is 13.9 Å². The van der Waals surface area contributed by atoms with Crippen molar-refractivity contribution in [1.82, 2.24) is 4.90 Å². The Bertz CT molecular complexity index is 1590. The fourth-order valence-electron chi connectivity index (χ4n) is 6.61. The van der Waals surface area contributed by atoms with Crippen molar-refractivity contribution in [1.29, 1.82) is 0 Å². The summed E-state index contributed by atoms with van der Waals surface area (Å²) in [4.78, 5) is 2.54. The summed E-state index contributed by atoms with van der Waals surface area (Å²) in [5.74, 6) is 1.28. The van der Waals surface area contributed by atoms with Gasteiger partial charge in [-0.2, -0.15) is 0 Å². The molecule has 1 aliphatic rings. The van der Waals surface area contributed by atoms with E-state index in [9.17, 15) is 4.39 Å². The van der Waals surface area contributed by atoms with Gasteiger partial charge in [0, 0.05) is 30.9 Å². The van der Waals surface area contributed by atoms with Gasteiger partial charge < -0.3 is 9.47 Å². The first-order chi connectivity index (χ1) is 21.2. The summed E-state index contributed by atoms with van der Waals surface area (Å²) in [6.07, 6.45) is 2.17. The second kappa shape index (κ2) is 14.0. The predicted octanol–water partition coefficient (Wildman–Crippen LogP) is 9.16. The van der Waals surface area contributed by atoms with Crippen LogP contribution in [0.2, 0.25) is 0 Å². The largest absolute Gasteiger partial charge is 0.488 e. The van der Waals surface area contributed by atoms with Gasteiger partial charge in [-0.3, -0.25) is 4.90 Å². The van der Waals surface area contributed by atoms with Crippen LogP contribution in [0.15, 0.2) is 121 Å². The summed E-state index contributed by atoms with van der Waals surface area (Å²) in [5.41, 5.74) is 4.70. The highest BCUT2D eigenvalue weighted by molar-refractivity contribution is 5.89. The fourth-order valence-corrected chi connectivity index (χ4v) is 6.61. The molecular formula is C39H40FNO2. The Hall–Kier alpha value is -3.99. The minimum absolute atomic E-state index is 0.0281. The fraction of sp³-hybridized carbons (Fsp3) is 0.282. The van der Waals surface area contributed by atoms with Gasteiger partial charge >= 0.3 is 0 Å². The maximum Gasteiger partial charge on any atom is 0.127 e. The van der Waals surface area contributed by atoms with Crippen LogP contribution >= 0.6 is 0 Å². The Balaban J connectivity index is 1.27. The summed E-state index contributed by atoms with van der Waals surface area (Å²) in [5, 5.41) is 2.24. The number of hydrogen-bond acceptors (Lipinski definition) is 3. The van der Waals surface area contributed by atoms with Gasteiger partial charge in [-0.15, -0.1) is 0 Å². The van der Waals surface area contributed by atoms with Gasteiger partial charge in [0.2, 0.25) is 0 Å². The second-order valence-electron chi connectivity index (χ2n) is 11.7. The van der Waals surface area contributed by atoms with Crippen molar-refractivity contribution in [2.24, 2.45) is 5.92 Å². The molecule has 1 fully saturated rings.